The van der Waals surface area contributed by atoms with Gasteiger partial charge in [0.2, 0.25) is 0 Å². The number of carbonyl (C=O) groups is 1. The molecule has 3 nitrogen and oxygen atoms in total. The van der Waals surface area contributed by atoms with Crippen LogP contribution in [0.1, 0.15) is 37.6 Å². The van der Waals surface area contributed by atoms with Crippen molar-refractivity contribution >= 4 is 23.3 Å². The van der Waals surface area contributed by atoms with Gasteiger partial charge in [-0.15, -0.1) is 0 Å². The highest BCUT2D eigenvalue weighted by Gasteiger charge is 2.13. The van der Waals surface area contributed by atoms with Gasteiger partial charge in [-0.05, 0) is 30.0 Å². The molecule has 2 N–H and O–H groups in total. The van der Waals surface area contributed by atoms with Gasteiger partial charge in [0.05, 0.1) is 22.9 Å². The summed E-state index contributed by atoms with van der Waals surface area (Å²) < 4.78 is 5.16. The molecule has 1 aromatic carbocycles. The van der Waals surface area contributed by atoms with Crippen molar-refractivity contribution in [3.05, 3.63) is 28.8 Å². The second-order valence-electron chi connectivity index (χ2n) is 5.18. The van der Waals surface area contributed by atoms with Crippen molar-refractivity contribution in [2.45, 2.75) is 27.2 Å². The molecule has 0 heterocycles. The number of carbonyl (C=O) groups excluding carboxylic acids is 1. The van der Waals surface area contributed by atoms with Gasteiger partial charge >= 0.3 is 5.97 Å². The Bertz CT molecular complexity index is 410. The molecule has 0 saturated carbocycles. The molecule has 0 amide bonds. The molecular weight excluding hydrogens is 238 g/mol. The van der Waals surface area contributed by atoms with Gasteiger partial charge in [0.25, 0.3) is 0 Å². The Morgan fingerprint density at radius 2 is 2.06 bits per heavy atom. The van der Waals surface area contributed by atoms with E-state index in [9.17, 15) is 4.79 Å². The van der Waals surface area contributed by atoms with Crippen LogP contribution in [0.2, 0.25) is 5.02 Å². The minimum Gasteiger partial charge on any atom is -0.462 e. The number of hydrogen-bond donors (Lipinski definition) is 1. The summed E-state index contributed by atoms with van der Waals surface area (Å²) in [6.45, 7) is 6.70. The van der Waals surface area contributed by atoms with Crippen LogP contribution < -0.4 is 5.73 Å². The van der Waals surface area contributed by atoms with E-state index in [4.69, 9.17) is 22.1 Å². The fraction of sp³-hybridized carbons (Fsp3) is 0.462. The smallest absolute Gasteiger partial charge is 0.338 e. The Hall–Kier alpha value is -1.22. The molecule has 0 atom stereocenters. The number of halogens is 1. The fourth-order valence-corrected chi connectivity index (χ4v) is 1.32. The van der Waals surface area contributed by atoms with Crippen molar-refractivity contribution in [3.63, 3.8) is 0 Å². The molecule has 0 bridgehead atoms. The summed E-state index contributed by atoms with van der Waals surface area (Å²) >= 11 is 5.77. The Labute approximate surface area is 107 Å². The van der Waals surface area contributed by atoms with Crippen molar-refractivity contribution in [2.75, 3.05) is 12.3 Å². The van der Waals surface area contributed by atoms with E-state index in [2.05, 4.69) is 20.8 Å². The van der Waals surface area contributed by atoms with Crippen molar-refractivity contribution in [3.8, 4) is 0 Å². The first-order valence-corrected chi connectivity index (χ1v) is 5.89. The van der Waals surface area contributed by atoms with Gasteiger partial charge in [-0.2, -0.15) is 0 Å². The van der Waals surface area contributed by atoms with E-state index >= 15 is 0 Å². The molecule has 0 unspecified atom stereocenters. The monoisotopic (exact) mass is 255 g/mol. The number of nitrogen functional groups attached to an aromatic ring is 1. The number of anilines is 1. The lowest BCUT2D eigenvalue weighted by Gasteiger charge is -2.17. The van der Waals surface area contributed by atoms with Crippen LogP contribution in [-0.4, -0.2) is 12.6 Å². The molecule has 94 valence electrons. The van der Waals surface area contributed by atoms with Crippen molar-refractivity contribution in [2.24, 2.45) is 5.41 Å². The highest BCUT2D eigenvalue weighted by atomic mass is 35.5. The van der Waals surface area contributed by atoms with Crippen molar-refractivity contribution < 1.29 is 9.53 Å². The highest BCUT2D eigenvalue weighted by molar-refractivity contribution is 6.33. The molecule has 0 saturated heterocycles. The maximum absolute atomic E-state index is 11.7. The standard InChI is InChI=1S/C13H18ClNO2/c1-13(2,3)6-7-17-12(16)9-4-5-10(14)11(15)8-9/h4-5,8H,6-7,15H2,1-3H3. The molecule has 1 aromatic rings. The van der Waals surface area contributed by atoms with Gasteiger partial charge in [-0.1, -0.05) is 32.4 Å². The minimum absolute atomic E-state index is 0.152. The molecule has 1 rings (SSSR count). The summed E-state index contributed by atoms with van der Waals surface area (Å²) in [4.78, 5) is 11.7. The molecule has 0 aliphatic heterocycles. The van der Waals surface area contributed by atoms with Crippen LogP contribution in [-0.2, 0) is 4.74 Å². The normalized spacial score (nSPS) is 11.3. The summed E-state index contributed by atoms with van der Waals surface area (Å²) in [7, 11) is 0. The summed E-state index contributed by atoms with van der Waals surface area (Å²) in [5.74, 6) is -0.363. The summed E-state index contributed by atoms with van der Waals surface area (Å²) in [5, 5.41) is 0.441. The molecule has 0 aliphatic rings. The first kappa shape index (κ1) is 13.8. The molecule has 17 heavy (non-hydrogen) atoms. The minimum atomic E-state index is -0.363. The van der Waals surface area contributed by atoms with E-state index in [1.54, 1.807) is 12.1 Å². The third-order valence-corrected chi connectivity index (χ3v) is 2.66. The predicted octanol–water partition coefficient (Wildman–Crippen LogP) is 3.52. The van der Waals surface area contributed by atoms with Crippen LogP contribution in [0.5, 0.6) is 0 Å². The average Bonchev–Trinajstić information content (AvgIpc) is 2.20. The number of esters is 1. The van der Waals surface area contributed by atoms with E-state index in [-0.39, 0.29) is 11.4 Å². The van der Waals surface area contributed by atoms with Crippen molar-refractivity contribution in [1.82, 2.24) is 0 Å². The van der Waals surface area contributed by atoms with Crippen LogP contribution in [0.3, 0.4) is 0 Å². The van der Waals surface area contributed by atoms with Crippen LogP contribution in [0.4, 0.5) is 5.69 Å². The quantitative estimate of drug-likeness (QED) is 0.664. The third-order valence-electron chi connectivity index (χ3n) is 2.32. The van der Waals surface area contributed by atoms with Gasteiger partial charge in [0.15, 0.2) is 0 Å². The number of benzene rings is 1. The lowest BCUT2D eigenvalue weighted by atomic mass is 9.93. The Morgan fingerprint density at radius 3 is 2.59 bits per heavy atom. The third kappa shape index (κ3) is 4.65. The zero-order valence-corrected chi connectivity index (χ0v) is 11.2. The van der Waals surface area contributed by atoms with E-state index < -0.39 is 0 Å². The van der Waals surface area contributed by atoms with Gasteiger partial charge in [0.1, 0.15) is 0 Å². The van der Waals surface area contributed by atoms with Gasteiger partial charge in [-0.25, -0.2) is 4.79 Å². The topological polar surface area (TPSA) is 52.3 Å². The second kappa shape index (κ2) is 5.41. The Kier molecular flexibility index (Phi) is 4.40. The molecular formula is C13H18ClNO2. The maximum Gasteiger partial charge on any atom is 0.338 e. The molecule has 0 spiro atoms. The molecule has 0 radical (unpaired) electrons. The highest BCUT2D eigenvalue weighted by Crippen LogP contribution is 2.21. The summed E-state index contributed by atoms with van der Waals surface area (Å²) in [6, 6.07) is 4.73. The first-order chi connectivity index (χ1) is 7.79. The lowest BCUT2D eigenvalue weighted by molar-refractivity contribution is 0.0465. The Morgan fingerprint density at radius 1 is 1.41 bits per heavy atom. The van der Waals surface area contributed by atoms with Crippen molar-refractivity contribution in [1.29, 1.82) is 0 Å². The number of hydrogen-bond acceptors (Lipinski definition) is 3. The largest absolute Gasteiger partial charge is 0.462 e. The van der Waals surface area contributed by atoms with Crippen LogP contribution >= 0.6 is 11.6 Å². The second-order valence-corrected chi connectivity index (χ2v) is 5.59. The number of nitrogens with two attached hydrogens (primary N) is 1. The molecule has 0 fully saturated rings. The predicted molar refractivity (Wildman–Crippen MR) is 70.2 cm³/mol. The molecule has 0 aliphatic carbocycles. The van der Waals surface area contributed by atoms with Crippen LogP contribution in [0, 0.1) is 5.41 Å². The van der Waals surface area contributed by atoms with E-state index in [1.807, 2.05) is 0 Å². The zero-order chi connectivity index (χ0) is 13.1. The number of rotatable bonds is 3. The van der Waals surface area contributed by atoms with Gasteiger partial charge in [0, 0.05) is 0 Å². The van der Waals surface area contributed by atoms with Crippen LogP contribution in [0.15, 0.2) is 18.2 Å². The summed E-state index contributed by atoms with van der Waals surface area (Å²) in [5.41, 5.74) is 6.59. The SMILES string of the molecule is CC(C)(C)CCOC(=O)c1ccc(Cl)c(N)c1. The molecule has 0 aromatic heterocycles. The van der Waals surface area contributed by atoms with Gasteiger partial charge in [-0.3, -0.25) is 0 Å². The van der Waals surface area contributed by atoms with E-state index in [1.165, 1.54) is 6.07 Å². The first-order valence-electron chi connectivity index (χ1n) is 5.52. The average molecular weight is 256 g/mol. The zero-order valence-electron chi connectivity index (χ0n) is 10.4. The number of ether oxygens (including phenoxy) is 1. The van der Waals surface area contributed by atoms with Crippen LogP contribution in [0.25, 0.3) is 0 Å². The van der Waals surface area contributed by atoms with E-state index in [0.29, 0.717) is 22.9 Å². The van der Waals surface area contributed by atoms with Gasteiger partial charge < -0.3 is 10.5 Å². The van der Waals surface area contributed by atoms with E-state index in [0.717, 1.165) is 6.42 Å². The summed E-state index contributed by atoms with van der Waals surface area (Å²) in [6.07, 6.45) is 0.821. The fourth-order valence-electron chi connectivity index (χ4n) is 1.20. The Balaban J connectivity index is 2.56. The molecule has 4 heteroatoms. The lowest BCUT2D eigenvalue weighted by Crippen LogP contribution is -2.13. The maximum atomic E-state index is 11.7.